The highest BCUT2D eigenvalue weighted by molar-refractivity contribution is 7.08. The predicted octanol–water partition coefficient (Wildman–Crippen LogP) is 1.92. The first-order valence-corrected chi connectivity index (χ1v) is 5.33. The van der Waals surface area contributed by atoms with Crippen molar-refractivity contribution in [1.82, 2.24) is 15.3 Å². The first-order valence-electron chi connectivity index (χ1n) is 4.39. The molecule has 4 heteroatoms. The Morgan fingerprint density at radius 1 is 1.43 bits per heavy atom. The molecule has 0 unspecified atom stereocenters. The number of nitrogens with one attached hydrogen (secondary N) is 1. The van der Waals surface area contributed by atoms with Gasteiger partial charge in [-0.3, -0.25) is 0 Å². The van der Waals surface area contributed by atoms with Gasteiger partial charge in [-0.25, -0.2) is 9.97 Å². The van der Waals surface area contributed by atoms with E-state index in [9.17, 15) is 0 Å². The Labute approximate surface area is 86.8 Å². The number of rotatable bonds is 3. The molecule has 0 amide bonds. The van der Waals surface area contributed by atoms with E-state index >= 15 is 0 Å². The lowest BCUT2D eigenvalue weighted by atomic mass is 10.3. The lowest BCUT2D eigenvalue weighted by Crippen LogP contribution is -2.07. The lowest BCUT2D eigenvalue weighted by molar-refractivity contribution is 0.788. The van der Waals surface area contributed by atoms with Crippen molar-refractivity contribution >= 4 is 11.3 Å². The molecular formula is C10H11N3S. The second-order valence-corrected chi connectivity index (χ2v) is 3.69. The average Bonchev–Trinajstić information content (AvgIpc) is 2.71. The maximum absolute atomic E-state index is 4.44. The van der Waals surface area contributed by atoms with Crippen LogP contribution in [0.3, 0.4) is 0 Å². The van der Waals surface area contributed by atoms with Gasteiger partial charge in [-0.15, -0.1) is 0 Å². The highest BCUT2D eigenvalue weighted by atomic mass is 32.1. The molecule has 72 valence electrons. The van der Waals surface area contributed by atoms with Gasteiger partial charge < -0.3 is 5.32 Å². The number of aromatic nitrogens is 2. The van der Waals surface area contributed by atoms with Gasteiger partial charge in [0.25, 0.3) is 0 Å². The fraction of sp³-hybridized carbons (Fsp3) is 0.200. The summed E-state index contributed by atoms with van der Waals surface area (Å²) in [7, 11) is 1.91. The summed E-state index contributed by atoms with van der Waals surface area (Å²) in [5, 5.41) is 7.15. The van der Waals surface area contributed by atoms with Gasteiger partial charge in [-0.2, -0.15) is 11.3 Å². The van der Waals surface area contributed by atoms with Crippen LogP contribution in [-0.4, -0.2) is 17.0 Å². The normalized spacial score (nSPS) is 10.4. The van der Waals surface area contributed by atoms with E-state index in [4.69, 9.17) is 0 Å². The Kier molecular flexibility index (Phi) is 2.86. The summed E-state index contributed by atoms with van der Waals surface area (Å²) in [5.41, 5.74) is 2.11. The topological polar surface area (TPSA) is 37.8 Å². The number of hydrogen-bond acceptors (Lipinski definition) is 4. The molecule has 2 aromatic heterocycles. The summed E-state index contributed by atoms with van der Waals surface area (Å²) in [6.45, 7) is 0.777. The molecule has 0 radical (unpaired) electrons. The highest BCUT2D eigenvalue weighted by Gasteiger charge is 2.01. The third-order valence-corrected chi connectivity index (χ3v) is 2.53. The Bertz CT molecular complexity index is 398. The van der Waals surface area contributed by atoms with Crippen molar-refractivity contribution in [2.45, 2.75) is 6.54 Å². The third-order valence-electron chi connectivity index (χ3n) is 1.85. The molecule has 0 aromatic carbocycles. The quantitative estimate of drug-likeness (QED) is 0.832. The van der Waals surface area contributed by atoms with Gasteiger partial charge in [0.15, 0.2) is 5.82 Å². The van der Waals surface area contributed by atoms with Crippen LogP contribution in [-0.2, 0) is 6.54 Å². The van der Waals surface area contributed by atoms with Crippen molar-refractivity contribution in [2.24, 2.45) is 0 Å². The third kappa shape index (κ3) is 1.97. The molecule has 2 heterocycles. The van der Waals surface area contributed by atoms with Crippen molar-refractivity contribution in [1.29, 1.82) is 0 Å². The lowest BCUT2D eigenvalue weighted by Gasteiger charge is -2.00. The Morgan fingerprint density at radius 3 is 3.07 bits per heavy atom. The minimum Gasteiger partial charge on any atom is -0.314 e. The smallest absolute Gasteiger partial charge is 0.160 e. The molecule has 0 fully saturated rings. The molecule has 2 rings (SSSR count). The number of hydrogen-bond donors (Lipinski definition) is 1. The van der Waals surface area contributed by atoms with Crippen molar-refractivity contribution in [3.8, 4) is 11.4 Å². The van der Waals surface area contributed by atoms with E-state index in [1.165, 1.54) is 0 Å². The van der Waals surface area contributed by atoms with Gasteiger partial charge in [-0.05, 0) is 24.6 Å². The van der Waals surface area contributed by atoms with E-state index in [1.54, 1.807) is 17.5 Å². The van der Waals surface area contributed by atoms with E-state index in [1.807, 2.05) is 24.6 Å². The van der Waals surface area contributed by atoms with E-state index in [0.29, 0.717) is 0 Å². The summed E-state index contributed by atoms with van der Waals surface area (Å²) < 4.78 is 0. The second-order valence-electron chi connectivity index (χ2n) is 2.91. The molecule has 0 saturated heterocycles. The zero-order valence-corrected chi connectivity index (χ0v) is 8.71. The molecule has 14 heavy (non-hydrogen) atoms. The molecule has 0 aliphatic rings. The molecule has 2 aromatic rings. The molecule has 0 aliphatic carbocycles. The van der Waals surface area contributed by atoms with Crippen LogP contribution >= 0.6 is 11.3 Å². The van der Waals surface area contributed by atoms with E-state index < -0.39 is 0 Å². The molecule has 3 nitrogen and oxygen atoms in total. The monoisotopic (exact) mass is 205 g/mol. The van der Waals surface area contributed by atoms with Crippen molar-refractivity contribution in [3.05, 3.63) is 34.8 Å². The molecule has 0 atom stereocenters. The molecule has 0 aliphatic heterocycles. The van der Waals surface area contributed by atoms with Crippen LogP contribution in [0.5, 0.6) is 0 Å². The fourth-order valence-corrected chi connectivity index (χ4v) is 1.84. The standard InChI is InChI=1S/C10H11N3S/c1-11-6-9-2-4-12-10(13-9)8-3-5-14-7-8/h2-5,7,11H,6H2,1H3. The maximum Gasteiger partial charge on any atom is 0.160 e. The van der Waals surface area contributed by atoms with E-state index in [0.717, 1.165) is 23.6 Å². The van der Waals surface area contributed by atoms with Gasteiger partial charge in [0.1, 0.15) is 0 Å². The Hall–Kier alpha value is -1.26. The predicted molar refractivity (Wildman–Crippen MR) is 58.1 cm³/mol. The molecular weight excluding hydrogens is 194 g/mol. The van der Waals surface area contributed by atoms with Gasteiger partial charge >= 0.3 is 0 Å². The zero-order chi connectivity index (χ0) is 9.80. The zero-order valence-electron chi connectivity index (χ0n) is 7.90. The van der Waals surface area contributed by atoms with Crippen LogP contribution in [0.4, 0.5) is 0 Å². The molecule has 0 spiro atoms. The summed E-state index contributed by atoms with van der Waals surface area (Å²) in [5.74, 6) is 0.805. The largest absolute Gasteiger partial charge is 0.314 e. The van der Waals surface area contributed by atoms with Gasteiger partial charge in [0, 0.05) is 23.7 Å². The van der Waals surface area contributed by atoms with Crippen LogP contribution in [0.25, 0.3) is 11.4 Å². The van der Waals surface area contributed by atoms with Crippen molar-refractivity contribution < 1.29 is 0 Å². The van der Waals surface area contributed by atoms with Gasteiger partial charge in [-0.1, -0.05) is 0 Å². The molecule has 0 saturated carbocycles. The van der Waals surface area contributed by atoms with E-state index in [-0.39, 0.29) is 0 Å². The summed E-state index contributed by atoms with van der Waals surface area (Å²) in [4.78, 5) is 8.67. The van der Waals surface area contributed by atoms with Gasteiger partial charge in [0.05, 0.1) is 5.69 Å². The molecule has 0 bridgehead atoms. The minimum atomic E-state index is 0.777. The van der Waals surface area contributed by atoms with Crippen LogP contribution in [0, 0.1) is 0 Å². The Morgan fingerprint density at radius 2 is 2.36 bits per heavy atom. The highest BCUT2D eigenvalue weighted by Crippen LogP contribution is 2.17. The number of thiophene rings is 1. The van der Waals surface area contributed by atoms with Crippen LogP contribution in [0.1, 0.15) is 5.69 Å². The SMILES string of the molecule is CNCc1ccnc(-c2ccsc2)n1. The maximum atomic E-state index is 4.44. The van der Waals surface area contributed by atoms with Crippen LogP contribution in [0.2, 0.25) is 0 Å². The average molecular weight is 205 g/mol. The second kappa shape index (κ2) is 4.30. The minimum absolute atomic E-state index is 0.777. The Balaban J connectivity index is 2.31. The number of nitrogens with zero attached hydrogens (tertiary/aromatic N) is 2. The van der Waals surface area contributed by atoms with Crippen LogP contribution < -0.4 is 5.32 Å². The molecule has 1 N–H and O–H groups in total. The first kappa shape index (κ1) is 9.30. The summed E-state index contributed by atoms with van der Waals surface area (Å²) in [6.07, 6.45) is 1.80. The van der Waals surface area contributed by atoms with Crippen LogP contribution in [0.15, 0.2) is 29.1 Å². The fourth-order valence-electron chi connectivity index (χ4n) is 1.21. The van der Waals surface area contributed by atoms with Crippen molar-refractivity contribution in [2.75, 3.05) is 7.05 Å². The van der Waals surface area contributed by atoms with Gasteiger partial charge in [0.2, 0.25) is 0 Å². The summed E-state index contributed by atoms with van der Waals surface area (Å²) >= 11 is 1.66. The van der Waals surface area contributed by atoms with Crippen molar-refractivity contribution in [3.63, 3.8) is 0 Å². The first-order chi connectivity index (χ1) is 6.90. The summed E-state index contributed by atoms with van der Waals surface area (Å²) in [6, 6.07) is 3.95. The van der Waals surface area contributed by atoms with E-state index in [2.05, 4.69) is 20.7 Å².